The summed E-state index contributed by atoms with van der Waals surface area (Å²) in [6.07, 6.45) is 0. The lowest BCUT2D eigenvalue weighted by Gasteiger charge is -2.24. The van der Waals surface area contributed by atoms with Crippen LogP contribution in [0.2, 0.25) is 0 Å². The van der Waals surface area contributed by atoms with Crippen molar-refractivity contribution in [2.75, 3.05) is 44.8 Å². The summed E-state index contributed by atoms with van der Waals surface area (Å²) in [5.41, 5.74) is 1.80. The van der Waals surface area contributed by atoms with Crippen LogP contribution in [-0.4, -0.2) is 55.7 Å². The van der Waals surface area contributed by atoms with Crippen LogP contribution in [-0.2, 0) is 4.79 Å². The van der Waals surface area contributed by atoms with E-state index in [0.29, 0.717) is 24.0 Å². The maximum Gasteiger partial charge on any atom is 0.266 e. The number of carbonyl (C=O) groups is 1. The topological polar surface area (TPSA) is 54.9 Å². The molecule has 174 valence electrons. The fraction of sp³-hybridized carbons (Fsp3) is 0.391. The average Bonchev–Trinajstić information content (AvgIpc) is 3.22. The molecule has 32 heavy (non-hydrogen) atoms. The van der Waals surface area contributed by atoms with Gasteiger partial charge in [-0.1, -0.05) is 43.4 Å². The summed E-state index contributed by atoms with van der Waals surface area (Å²) in [6, 6.07) is 9.92. The Kier molecular flexibility index (Phi) is 9.68. The third-order valence-corrected chi connectivity index (χ3v) is 6.38. The van der Waals surface area contributed by atoms with Crippen molar-refractivity contribution in [1.82, 2.24) is 9.88 Å². The van der Waals surface area contributed by atoms with Gasteiger partial charge >= 0.3 is 0 Å². The zero-order chi connectivity index (χ0) is 22.4. The Morgan fingerprint density at radius 1 is 1.09 bits per heavy atom. The van der Waals surface area contributed by atoms with Gasteiger partial charge in [-0.05, 0) is 43.8 Å². The molecule has 0 fully saturated rings. The van der Waals surface area contributed by atoms with Crippen molar-refractivity contribution in [3.8, 4) is 11.5 Å². The van der Waals surface area contributed by atoms with E-state index in [0.717, 1.165) is 28.9 Å². The van der Waals surface area contributed by atoms with Crippen LogP contribution in [0.3, 0.4) is 0 Å². The summed E-state index contributed by atoms with van der Waals surface area (Å²) < 4.78 is 25.8. The number of likely N-dealkylation sites (N-methyl/N-ethyl adjacent to an activating group) is 1. The van der Waals surface area contributed by atoms with Crippen LogP contribution >= 0.6 is 23.7 Å². The van der Waals surface area contributed by atoms with Crippen LogP contribution in [0.15, 0.2) is 36.4 Å². The molecule has 0 spiro atoms. The van der Waals surface area contributed by atoms with Crippen molar-refractivity contribution >= 4 is 45.0 Å². The molecule has 3 rings (SSSR count). The maximum absolute atomic E-state index is 13.9. The lowest BCUT2D eigenvalue weighted by atomic mass is 10.2. The molecular formula is C23H29ClFN3O3S. The molecule has 3 aromatic rings. The molecule has 1 aromatic heterocycles. The number of amides is 1. The number of para-hydroxylation sites is 1. The van der Waals surface area contributed by atoms with Gasteiger partial charge < -0.3 is 14.4 Å². The molecule has 0 atom stereocenters. The summed E-state index contributed by atoms with van der Waals surface area (Å²) in [6.45, 7) is 8.84. The van der Waals surface area contributed by atoms with Crippen LogP contribution < -0.4 is 14.4 Å². The molecule has 1 amide bonds. The maximum atomic E-state index is 13.9. The first kappa shape index (κ1) is 25.8. The third-order valence-electron chi connectivity index (χ3n) is 5.17. The fourth-order valence-electron chi connectivity index (χ4n) is 3.27. The van der Waals surface area contributed by atoms with E-state index in [1.54, 1.807) is 24.1 Å². The van der Waals surface area contributed by atoms with E-state index in [1.807, 2.05) is 19.1 Å². The Morgan fingerprint density at radius 2 is 1.81 bits per heavy atom. The van der Waals surface area contributed by atoms with E-state index in [4.69, 9.17) is 14.5 Å². The number of thiazole rings is 1. The quantitative estimate of drug-likeness (QED) is 0.411. The number of fused-ring (bicyclic) bond motifs is 1. The monoisotopic (exact) mass is 481 g/mol. The predicted molar refractivity (Wildman–Crippen MR) is 130 cm³/mol. The van der Waals surface area contributed by atoms with Crippen molar-refractivity contribution in [3.63, 3.8) is 0 Å². The lowest BCUT2D eigenvalue weighted by molar-refractivity contribution is -0.120. The van der Waals surface area contributed by atoms with Crippen molar-refractivity contribution in [3.05, 3.63) is 47.8 Å². The predicted octanol–water partition coefficient (Wildman–Crippen LogP) is 4.93. The minimum atomic E-state index is -0.495. The zero-order valence-corrected chi connectivity index (χ0v) is 20.4. The molecule has 0 radical (unpaired) electrons. The summed E-state index contributed by atoms with van der Waals surface area (Å²) >= 11 is 1.45. The van der Waals surface area contributed by atoms with Crippen LogP contribution in [0, 0.1) is 12.7 Å². The Morgan fingerprint density at radius 3 is 2.47 bits per heavy atom. The molecule has 9 heteroatoms. The molecule has 0 saturated heterocycles. The van der Waals surface area contributed by atoms with E-state index >= 15 is 0 Å². The van der Waals surface area contributed by atoms with E-state index in [1.165, 1.54) is 23.5 Å². The molecule has 0 bridgehead atoms. The van der Waals surface area contributed by atoms with Crippen LogP contribution in [0.5, 0.6) is 11.5 Å². The average molecular weight is 482 g/mol. The van der Waals surface area contributed by atoms with Gasteiger partial charge in [0.25, 0.3) is 5.91 Å². The van der Waals surface area contributed by atoms with Gasteiger partial charge in [0, 0.05) is 13.1 Å². The zero-order valence-electron chi connectivity index (χ0n) is 18.8. The van der Waals surface area contributed by atoms with Gasteiger partial charge in [-0.3, -0.25) is 9.69 Å². The molecule has 0 aliphatic rings. The van der Waals surface area contributed by atoms with Crippen molar-refractivity contribution < 1.29 is 18.7 Å². The van der Waals surface area contributed by atoms with Gasteiger partial charge in [-0.25, -0.2) is 9.37 Å². The summed E-state index contributed by atoms with van der Waals surface area (Å²) in [5, 5.41) is 0.580. The van der Waals surface area contributed by atoms with Gasteiger partial charge in [-0.15, -0.1) is 12.4 Å². The number of aryl methyl sites for hydroxylation is 1. The van der Waals surface area contributed by atoms with E-state index in [-0.39, 0.29) is 30.7 Å². The summed E-state index contributed by atoms with van der Waals surface area (Å²) in [7, 11) is 1.61. The van der Waals surface area contributed by atoms with E-state index < -0.39 is 5.82 Å². The van der Waals surface area contributed by atoms with Crippen LogP contribution in [0.1, 0.15) is 19.4 Å². The number of anilines is 1. The highest BCUT2D eigenvalue weighted by molar-refractivity contribution is 7.22. The van der Waals surface area contributed by atoms with Gasteiger partial charge in [-0.2, -0.15) is 0 Å². The first-order valence-corrected chi connectivity index (χ1v) is 11.1. The normalized spacial score (nSPS) is 10.8. The second-order valence-electron chi connectivity index (χ2n) is 7.05. The van der Waals surface area contributed by atoms with Gasteiger partial charge in [0.2, 0.25) is 0 Å². The number of aromatic nitrogens is 1. The second-order valence-corrected chi connectivity index (χ2v) is 8.03. The second kappa shape index (κ2) is 12.0. The smallest absolute Gasteiger partial charge is 0.266 e. The first-order chi connectivity index (χ1) is 15.0. The fourth-order valence-corrected chi connectivity index (χ4v) is 4.36. The molecule has 0 saturated carbocycles. The number of carbonyl (C=O) groups excluding carboxylic acids is 1. The highest BCUT2D eigenvalue weighted by Crippen LogP contribution is 2.36. The molecule has 0 aliphatic heterocycles. The lowest BCUT2D eigenvalue weighted by Crippen LogP contribution is -2.41. The molecular weight excluding hydrogens is 453 g/mol. The third kappa shape index (κ3) is 5.88. The number of benzene rings is 2. The van der Waals surface area contributed by atoms with Crippen LogP contribution in [0.25, 0.3) is 10.2 Å². The first-order valence-electron chi connectivity index (χ1n) is 10.3. The summed E-state index contributed by atoms with van der Waals surface area (Å²) in [4.78, 5) is 21.7. The number of rotatable bonds is 10. The molecule has 0 aliphatic carbocycles. The molecule has 0 N–H and O–H groups in total. The van der Waals surface area contributed by atoms with E-state index in [9.17, 15) is 9.18 Å². The van der Waals surface area contributed by atoms with Crippen molar-refractivity contribution in [2.24, 2.45) is 0 Å². The number of hydrogen-bond donors (Lipinski definition) is 0. The number of methoxy groups -OCH3 is 1. The number of nitrogens with zero attached hydrogens (tertiary/aromatic N) is 3. The molecule has 0 unspecified atom stereocenters. The van der Waals surface area contributed by atoms with Crippen LogP contribution in [0.4, 0.5) is 9.52 Å². The van der Waals surface area contributed by atoms with Gasteiger partial charge in [0.15, 0.2) is 23.3 Å². The Hall–Kier alpha value is -2.42. The van der Waals surface area contributed by atoms with Gasteiger partial charge in [0.05, 0.1) is 11.8 Å². The Labute approximate surface area is 198 Å². The molecule has 6 nitrogen and oxygen atoms in total. The summed E-state index contributed by atoms with van der Waals surface area (Å²) in [5.74, 6) is -0.0420. The highest BCUT2D eigenvalue weighted by Gasteiger charge is 2.23. The van der Waals surface area contributed by atoms with E-state index in [2.05, 4.69) is 18.7 Å². The SMILES string of the molecule is CCN(CC)CCN(C(=O)COc1ccccc1F)c1nc2c(OC)ccc(C)c2s1.Cl. The standard InChI is InChI=1S/C23H28FN3O3S.ClH/c1-5-26(6-2)13-14-27(20(28)15-30-18-10-8-7-9-17(18)24)23-25-21-19(29-4)12-11-16(3)22(21)31-23;/h7-12H,5-6,13-15H2,1-4H3;1H. The highest BCUT2D eigenvalue weighted by atomic mass is 35.5. The number of hydrogen-bond acceptors (Lipinski definition) is 6. The largest absolute Gasteiger partial charge is 0.494 e. The minimum Gasteiger partial charge on any atom is -0.494 e. The minimum absolute atomic E-state index is 0. The molecule has 1 heterocycles. The number of halogens is 2. The Balaban J connectivity index is 0.00000363. The van der Waals surface area contributed by atoms with Crippen molar-refractivity contribution in [2.45, 2.75) is 20.8 Å². The van der Waals surface area contributed by atoms with Crippen molar-refractivity contribution in [1.29, 1.82) is 0 Å². The Bertz CT molecular complexity index is 1040. The van der Waals surface area contributed by atoms with Gasteiger partial charge in [0.1, 0.15) is 11.3 Å². The number of ether oxygens (including phenoxy) is 2. The molecule has 2 aromatic carbocycles.